The summed E-state index contributed by atoms with van der Waals surface area (Å²) >= 11 is 1.11. The van der Waals surface area contributed by atoms with Crippen LogP contribution >= 0.6 is 11.8 Å². The summed E-state index contributed by atoms with van der Waals surface area (Å²) in [6.07, 6.45) is 0.623. The maximum atomic E-state index is 12.6. The Kier molecular flexibility index (Phi) is 7.06. The van der Waals surface area contributed by atoms with Gasteiger partial charge in [0.25, 0.3) is 5.69 Å². The molecule has 0 aromatic heterocycles. The highest BCUT2D eigenvalue weighted by Crippen LogP contribution is 2.34. The van der Waals surface area contributed by atoms with E-state index in [0.29, 0.717) is 23.3 Å². The van der Waals surface area contributed by atoms with Crippen LogP contribution in [0.4, 0.5) is 19.3 Å². The minimum Gasteiger partial charge on any atom is -0.493 e. The number of nitro groups is 1. The Balaban J connectivity index is 1.91. The van der Waals surface area contributed by atoms with E-state index in [0.717, 1.165) is 11.8 Å². The van der Waals surface area contributed by atoms with Crippen molar-refractivity contribution in [3.63, 3.8) is 0 Å². The third kappa shape index (κ3) is 5.29. The van der Waals surface area contributed by atoms with Crippen molar-refractivity contribution in [1.29, 1.82) is 0 Å². The Hall–Kier alpha value is -3.21. The summed E-state index contributed by atoms with van der Waals surface area (Å²) in [4.78, 5) is 22.9. The van der Waals surface area contributed by atoms with Crippen molar-refractivity contribution >= 4 is 28.4 Å². The number of benzene rings is 2. The molecule has 0 saturated heterocycles. The van der Waals surface area contributed by atoms with Gasteiger partial charge in [-0.1, -0.05) is 30.8 Å². The number of hydrogen-bond donors (Lipinski definition) is 0. The maximum Gasteiger partial charge on any atom is 0.387 e. The standard InChI is InChI=1S/C20H19F2N3O5S/c1-3-17-18(13-6-9-15(30-19(21)22)16(10-13)29-2)23-24(20(26)31-17)11-12-4-7-14(8-5-12)25(27)28/h4-10,17,19H,3,11H2,1-2H3. The monoisotopic (exact) mass is 451 g/mol. The third-order valence-electron chi connectivity index (χ3n) is 4.51. The number of amides is 1. The Morgan fingerprint density at radius 1 is 1.23 bits per heavy atom. The van der Waals surface area contributed by atoms with Gasteiger partial charge >= 0.3 is 11.9 Å². The number of carbonyl (C=O) groups is 1. The fourth-order valence-electron chi connectivity index (χ4n) is 3.01. The molecule has 0 aliphatic carbocycles. The number of nitrogens with zero attached hydrogens (tertiary/aromatic N) is 3. The normalized spacial score (nSPS) is 16.3. The molecule has 2 aromatic carbocycles. The Morgan fingerprint density at radius 3 is 2.52 bits per heavy atom. The number of rotatable bonds is 8. The number of thioether (sulfide) groups is 1. The summed E-state index contributed by atoms with van der Waals surface area (Å²) in [7, 11) is 1.34. The molecule has 0 N–H and O–H groups in total. The number of halogens is 2. The number of nitro benzene ring substituents is 1. The summed E-state index contributed by atoms with van der Waals surface area (Å²) in [6, 6.07) is 10.4. The smallest absolute Gasteiger partial charge is 0.387 e. The quantitative estimate of drug-likeness (QED) is 0.411. The average Bonchev–Trinajstić information content (AvgIpc) is 2.75. The summed E-state index contributed by atoms with van der Waals surface area (Å²) in [6.45, 7) is -0.939. The molecule has 1 aliphatic heterocycles. The molecular weight excluding hydrogens is 432 g/mol. The molecule has 0 bridgehead atoms. The fraction of sp³-hybridized carbons (Fsp3) is 0.300. The molecule has 1 unspecified atom stereocenters. The molecule has 0 saturated carbocycles. The van der Waals surface area contributed by atoms with E-state index in [2.05, 4.69) is 9.84 Å². The van der Waals surface area contributed by atoms with Crippen molar-refractivity contribution < 1.29 is 28.0 Å². The van der Waals surface area contributed by atoms with E-state index in [-0.39, 0.29) is 34.2 Å². The van der Waals surface area contributed by atoms with Crippen LogP contribution in [-0.4, -0.2) is 39.9 Å². The zero-order valence-corrected chi connectivity index (χ0v) is 17.5. The van der Waals surface area contributed by atoms with Crippen LogP contribution in [0.5, 0.6) is 11.5 Å². The Bertz CT molecular complexity index is 1000. The number of hydrogen-bond acceptors (Lipinski definition) is 7. The first-order valence-electron chi connectivity index (χ1n) is 9.25. The second-order valence-corrected chi connectivity index (χ2v) is 7.65. The Morgan fingerprint density at radius 2 is 1.94 bits per heavy atom. The minimum atomic E-state index is -2.99. The predicted molar refractivity (Wildman–Crippen MR) is 112 cm³/mol. The van der Waals surface area contributed by atoms with E-state index in [4.69, 9.17) is 4.74 Å². The molecule has 11 heteroatoms. The van der Waals surface area contributed by atoms with Gasteiger partial charge < -0.3 is 9.47 Å². The average molecular weight is 451 g/mol. The molecule has 0 radical (unpaired) electrons. The number of carbonyl (C=O) groups excluding carboxylic acids is 1. The molecule has 1 heterocycles. The predicted octanol–water partition coefficient (Wildman–Crippen LogP) is 5.06. The molecule has 1 atom stereocenters. The van der Waals surface area contributed by atoms with Crippen LogP contribution in [0.3, 0.4) is 0 Å². The van der Waals surface area contributed by atoms with Crippen LogP contribution in [0.1, 0.15) is 24.5 Å². The third-order valence-corrected chi connectivity index (χ3v) is 5.77. The van der Waals surface area contributed by atoms with E-state index < -0.39 is 11.5 Å². The minimum absolute atomic E-state index is 0.0449. The summed E-state index contributed by atoms with van der Waals surface area (Å²) in [5, 5.41) is 16.1. The van der Waals surface area contributed by atoms with Crippen molar-refractivity contribution in [1.82, 2.24) is 5.01 Å². The lowest BCUT2D eigenvalue weighted by molar-refractivity contribution is -0.384. The highest BCUT2D eigenvalue weighted by atomic mass is 32.2. The van der Waals surface area contributed by atoms with E-state index in [1.807, 2.05) is 6.92 Å². The molecule has 164 valence electrons. The van der Waals surface area contributed by atoms with Gasteiger partial charge in [0.2, 0.25) is 0 Å². The number of non-ortho nitro benzene ring substituents is 1. The first kappa shape index (κ1) is 22.5. The van der Waals surface area contributed by atoms with Crippen LogP contribution in [0.25, 0.3) is 0 Å². The molecule has 3 rings (SSSR count). The van der Waals surface area contributed by atoms with Crippen molar-refractivity contribution in [3.8, 4) is 11.5 Å². The van der Waals surface area contributed by atoms with Crippen LogP contribution in [0, 0.1) is 10.1 Å². The van der Waals surface area contributed by atoms with Crippen LogP contribution in [0.15, 0.2) is 47.6 Å². The number of alkyl halides is 2. The number of methoxy groups -OCH3 is 1. The first-order chi connectivity index (χ1) is 14.8. The summed E-state index contributed by atoms with van der Waals surface area (Å²) < 4.78 is 34.8. The summed E-state index contributed by atoms with van der Waals surface area (Å²) in [5.41, 5.74) is 1.84. The lowest BCUT2D eigenvalue weighted by Crippen LogP contribution is -2.34. The van der Waals surface area contributed by atoms with E-state index in [9.17, 15) is 23.7 Å². The first-order valence-corrected chi connectivity index (χ1v) is 10.1. The highest BCUT2D eigenvalue weighted by molar-refractivity contribution is 8.14. The fourth-order valence-corrected chi connectivity index (χ4v) is 3.94. The molecule has 1 amide bonds. The van der Waals surface area contributed by atoms with Crippen LogP contribution < -0.4 is 9.47 Å². The van der Waals surface area contributed by atoms with Crippen LogP contribution in [0.2, 0.25) is 0 Å². The van der Waals surface area contributed by atoms with Gasteiger partial charge in [-0.15, -0.1) is 0 Å². The number of ether oxygens (including phenoxy) is 2. The van der Waals surface area contributed by atoms with Crippen molar-refractivity contribution in [2.45, 2.75) is 31.8 Å². The van der Waals surface area contributed by atoms with Gasteiger partial charge in [-0.05, 0) is 30.2 Å². The molecule has 8 nitrogen and oxygen atoms in total. The highest BCUT2D eigenvalue weighted by Gasteiger charge is 2.31. The van der Waals surface area contributed by atoms with E-state index in [1.165, 1.54) is 30.3 Å². The second-order valence-electron chi connectivity index (χ2n) is 6.49. The van der Waals surface area contributed by atoms with Gasteiger partial charge in [-0.3, -0.25) is 14.9 Å². The zero-order chi connectivity index (χ0) is 22.5. The number of hydrazone groups is 1. The lowest BCUT2D eigenvalue weighted by atomic mass is 10.0. The maximum absolute atomic E-state index is 12.6. The van der Waals surface area contributed by atoms with E-state index >= 15 is 0 Å². The molecule has 31 heavy (non-hydrogen) atoms. The molecule has 0 spiro atoms. The van der Waals surface area contributed by atoms with Gasteiger partial charge in [-0.2, -0.15) is 13.9 Å². The Labute approximate surface area is 181 Å². The molecule has 1 aliphatic rings. The summed E-state index contributed by atoms with van der Waals surface area (Å²) in [5.74, 6) is 0.0244. The molecular formula is C20H19F2N3O5S. The zero-order valence-electron chi connectivity index (χ0n) is 16.7. The largest absolute Gasteiger partial charge is 0.493 e. The molecule has 0 fully saturated rings. The van der Waals surface area contributed by atoms with E-state index in [1.54, 1.807) is 24.3 Å². The SMILES string of the molecule is CCC1SC(=O)N(Cc2ccc([N+](=O)[O-])cc2)N=C1c1ccc(OC(F)F)c(OC)c1. The topological polar surface area (TPSA) is 94.3 Å². The van der Waals surface area contributed by atoms with Gasteiger partial charge in [0.05, 0.1) is 29.5 Å². The van der Waals surface area contributed by atoms with Crippen molar-refractivity contribution in [2.75, 3.05) is 7.11 Å². The van der Waals surface area contributed by atoms with Gasteiger partial charge in [0.15, 0.2) is 11.5 Å². The van der Waals surface area contributed by atoms with Gasteiger partial charge in [-0.25, -0.2) is 5.01 Å². The van der Waals surface area contributed by atoms with Gasteiger partial charge in [0.1, 0.15) is 0 Å². The van der Waals surface area contributed by atoms with Crippen LogP contribution in [-0.2, 0) is 6.54 Å². The van der Waals surface area contributed by atoms with Gasteiger partial charge in [0, 0.05) is 17.7 Å². The van der Waals surface area contributed by atoms with Crippen molar-refractivity contribution in [3.05, 3.63) is 63.7 Å². The second kappa shape index (κ2) is 9.73. The lowest BCUT2D eigenvalue weighted by Gasteiger charge is -2.28. The van der Waals surface area contributed by atoms with Crippen molar-refractivity contribution in [2.24, 2.45) is 5.10 Å². The molecule has 2 aromatic rings.